The molecule has 3 nitrogen and oxygen atoms in total. The van der Waals surface area contributed by atoms with Gasteiger partial charge in [0, 0.05) is 6.42 Å². The summed E-state index contributed by atoms with van der Waals surface area (Å²) in [5.41, 5.74) is 6.15. The lowest BCUT2D eigenvalue weighted by Crippen LogP contribution is -2.11. The number of primary amides is 1. The molecule has 76 valence electrons. The van der Waals surface area contributed by atoms with Gasteiger partial charge in [0.25, 0.3) is 0 Å². The van der Waals surface area contributed by atoms with Gasteiger partial charge in [-0.1, -0.05) is 12.1 Å². The summed E-state index contributed by atoms with van der Waals surface area (Å²) in [4.78, 5) is 10.6. The molecule has 14 heavy (non-hydrogen) atoms. The molecule has 0 heterocycles. The highest BCUT2D eigenvalue weighted by atomic mass is 16.5. The third-order valence-electron chi connectivity index (χ3n) is 1.87. The van der Waals surface area contributed by atoms with Crippen LogP contribution in [0.1, 0.15) is 18.9 Å². The minimum atomic E-state index is -0.271. The number of aryl methyl sites for hydroxylation is 1. The van der Waals surface area contributed by atoms with Gasteiger partial charge in [0.05, 0.1) is 6.61 Å². The van der Waals surface area contributed by atoms with Crippen LogP contribution >= 0.6 is 0 Å². The Morgan fingerprint density at radius 2 is 2.29 bits per heavy atom. The Labute approximate surface area is 83.9 Å². The van der Waals surface area contributed by atoms with Crippen molar-refractivity contribution in [1.82, 2.24) is 0 Å². The molecule has 0 bridgehead atoms. The van der Waals surface area contributed by atoms with E-state index in [1.54, 1.807) is 0 Å². The van der Waals surface area contributed by atoms with Crippen LogP contribution in [-0.4, -0.2) is 12.5 Å². The van der Waals surface area contributed by atoms with Crippen molar-refractivity contribution in [1.29, 1.82) is 0 Å². The van der Waals surface area contributed by atoms with Crippen LogP contribution in [0, 0.1) is 0 Å². The zero-order valence-electron chi connectivity index (χ0n) is 8.32. The molecule has 2 N–H and O–H groups in total. The van der Waals surface area contributed by atoms with Crippen molar-refractivity contribution in [3.8, 4) is 5.75 Å². The number of rotatable bonds is 5. The molecule has 0 radical (unpaired) electrons. The average molecular weight is 193 g/mol. The van der Waals surface area contributed by atoms with Gasteiger partial charge < -0.3 is 10.5 Å². The van der Waals surface area contributed by atoms with E-state index < -0.39 is 0 Å². The Bertz CT molecular complexity index is 310. The van der Waals surface area contributed by atoms with E-state index in [4.69, 9.17) is 10.5 Å². The van der Waals surface area contributed by atoms with E-state index in [9.17, 15) is 4.79 Å². The Morgan fingerprint density at radius 3 is 2.93 bits per heavy atom. The fourth-order valence-corrected chi connectivity index (χ4v) is 1.22. The maximum atomic E-state index is 10.6. The minimum Gasteiger partial charge on any atom is -0.494 e. The van der Waals surface area contributed by atoms with Gasteiger partial charge in [-0.25, -0.2) is 0 Å². The van der Waals surface area contributed by atoms with Crippen molar-refractivity contribution in [2.24, 2.45) is 5.73 Å². The van der Waals surface area contributed by atoms with Gasteiger partial charge in [-0.05, 0) is 31.0 Å². The summed E-state index contributed by atoms with van der Waals surface area (Å²) in [6.45, 7) is 2.59. The van der Waals surface area contributed by atoms with Crippen molar-refractivity contribution in [2.75, 3.05) is 6.61 Å². The van der Waals surface area contributed by atoms with Crippen molar-refractivity contribution in [3.05, 3.63) is 29.8 Å². The number of nitrogens with two attached hydrogens (primary N) is 1. The van der Waals surface area contributed by atoms with E-state index in [2.05, 4.69) is 0 Å². The summed E-state index contributed by atoms with van der Waals surface area (Å²) >= 11 is 0. The molecule has 3 heteroatoms. The molecular formula is C11H15NO2. The molecule has 0 aliphatic heterocycles. The number of hydrogen-bond acceptors (Lipinski definition) is 2. The molecule has 0 saturated carbocycles. The molecule has 0 aromatic heterocycles. The highest BCUT2D eigenvalue weighted by Crippen LogP contribution is 2.14. The lowest BCUT2D eigenvalue weighted by atomic mass is 10.1. The number of amides is 1. The molecule has 0 aliphatic rings. The van der Waals surface area contributed by atoms with Crippen LogP contribution in [0.2, 0.25) is 0 Å². The lowest BCUT2D eigenvalue weighted by Gasteiger charge is -2.04. The molecule has 1 rings (SSSR count). The molecule has 0 unspecified atom stereocenters. The maximum absolute atomic E-state index is 10.6. The smallest absolute Gasteiger partial charge is 0.217 e. The quantitative estimate of drug-likeness (QED) is 0.770. The van der Waals surface area contributed by atoms with Crippen LogP contribution in [0.5, 0.6) is 5.75 Å². The van der Waals surface area contributed by atoms with Gasteiger partial charge >= 0.3 is 0 Å². The van der Waals surface area contributed by atoms with Gasteiger partial charge in [-0.3, -0.25) is 4.79 Å². The van der Waals surface area contributed by atoms with Crippen molar-refractivity contribution >= 4 is 5.91 Å². The normalized spacial score (nSPS) is 9.79. The first kappa shape index (κ1) is 10.6. The van der Waals surface area contributed by atoms with E-state index in [1.165, 1.54) is 0 Å². The Balaban J connectivity index is 2.58. The summed E-state index contributed by atoms with van der Waals surface area (Å²) in [5, 5.41) is 0. The molecule has 1 aromatic carbocycles. The summed E-state index contributed by atoms with van der Waals surface area (Å²) < 4.78 is 5.34. The fourth-order valence-electron chi connectivity index (χ4n) is 1.22. The summed E-state index contributed by atoms with van der Waals surface area (Å²) in [7, 11) is 0. The summed E-state index contributed by atoms with van der Waals surface area (Å²) in [5.74, 6) is 0.571. The topological polar surface area (TPSA) is 52.3 Å². The second-order valence-corrected chi connectivity index (χ2v) is 3.05. The average Bonchev–Trinajstić information content (AvgIpc) is 2.16. The molecule has 0 aliphatic carbocycles. The van der Waals surface area contributed by atoms with E-state index in [-0.39, 0.29) is 5.91 Å². The third-order valence-corrected chi connectivity index (χ3v) is 1.87. The maximum Gasteiger partial charge on any atom is 0.217 e. The van der Waals surface area contributed by atoms with Crippen molar-refractivity contribution in [3.63, 3.8) is 0 Å². The van der Waals surface area contributed by atoms with Crippen LogP contribution < -0.4 is 10.5 Å². The molecule has 0 saturated heterocycles. The van der Waals surface area contributed by atoms with Gasteiger partial charge in [0.15, 0.2) is 0 Å². The van der Waals surface area contributed by atoms with Crippen LogP contribution in [0.15, 0.2) is 24.3 Å². The predicted octanol–water partition coefficient (Wildman–Crippen LogP) is 1.50. The largest absolute Gasteiger partial charge is 0.494 e. The van der Waals surface area contributed by atoms with Crippen LogP contribution in [0.25, 0.3) is 0 Å². The van der Waals surface area contributed by atoms with E-state index in [1.807, 2.05) is 31.2 Å². The number of carbonyl (C=O) groups is 1. The minimum absolute atomic E-state index is 0.271. The Hall–Kier alpha value is -1.51. The zero-order chi connectivity index (χ0) is 10.4. The highest BCUT2D eigenvalue weighted by molar-refractivity contribution is 5.74. The molecule has 0 spiro atoms. The van der Waals surface area contributed by atoms with Gasteiger partial charge in [-0.15, -0.1) is 0 Å². The van der Waals surface area contributed by atoms with Crippen LogP contribution in [0.4, 0.5) is 0 Å². The van der Waals surface area contributed by atoms with Gasteiger partial charge in [-0.2, -0.15) is 0 Å². The monoisotopic (exact) mass is 193 g/mol. The first-order valence-corrected chi connectivity index (χ1v) is 4.72. The summed E-state index contributed by atoms with van der Waals surface area (Å²) in [6, 6.07) is 7.72. The van der Waals surface area contributed by atoms with Crippen molar-refractivity contribution in [2.45, 2.75) is 19.8 Å². The molecule has 1 amide bonds. The van der Waals surface area contributed by atoms with Gasteiger partial charge in [0.1, 0.15) is 5.75 Å². The zero-order valence-corrected chi connectivity index (χ0v) is 8.32. The Kier molecular flexibility index (Phi) is 3.98. The van der Waals surface area contributed by atoms with E-state index in [0.29, 0.717) is 19.4 Å². The fraction of sp³-hybridized carbons (Fsp3) is 0.364. The van der Waals surface area contributed by atoms with Crippen LogP contribution in [-0.2, 0) is 11.2 Å². The Morgan fingerprint density at radius 1 is 1.50 bits per heavy atom. The standard InChI is InChI=1S/C11H15NO2/c1-2-14-10-5-3-4-9(8-10)6-7-11(12)13/h3-5,8H,2,6-7H2,1H3,(H2,12,13). The van der Waals surface area contributed by atoms with Crippen LogP contribution in [0.3, 0.4) is 0 Å². The van der Waals surface area contributed by atoms with Gasteiger partial charge in [0.2, 0.25) is 5.91 Å². The second kappa shape index (κ2) is 5.27. The second-order valence-electron chi connectivity index (χ2n) is 3.05. The molecule has 0 fully saturated rings. The number of hydrogen-bond donors (Lipinski definition) is 1. The van der Waals surface area contributed by atoms with Crippen molar-refractivity contribution < 1.29 is 9.53 Å². The molecule has 0 atom stereocenters. The number of carbonyl (C=O) groups excluding carboxylic acids is 1. The first-order chi connectivity index (χ1) is 6.72. The lowest BCUT2D eigenvalue weighted by molar-refractivity contribution is -0.117. The third kappa shape index (κ3) is 3.47. The summed E-state index contributed by atoms with van der Waals surface area (Å²) in [6.07, 6.45) is 1.06. The highest BCUT2D eigenvalue weighted by Gasteiger charge is 1.99. The number of ether oxygens (including phenoxy) is 1. The molecule has 1 aromatic rings. The SMILES string of the molecule is CCOc1cccc(CCC(N)=O)c1. The number of benzene rings is 1. The predicted molar refractivity (Wildman–Crippen MR) is 55.1 cm³/mol. The molecular weight excluding hydrogens is 178 g/mol. The van der Waals surface area contributed by atoms with E-state index >= 15 is 0 Å². The first-order valence-electron chi connectivity index (χ1n) is 4.72. The van der Waals surface area contributed by atoms with E-state index in [0.717, 1.165) is 11.3 Å².